The first kappa shape index (κ1) is 20.6. The maximum atomic E-state index is 5.19. The molecule has 0 saturated heterocycles. The number of hydrogen-bond donors (Lipinski definition) is 2. The van der Waals surface area contributed by atoms with Crippen molar-refractivity contribution in [1.29, 1.82) is 0 Å². The third kappa shape index (κ3) is 5.90. The van der Waals surface area contributed by atoms with E-state index in [9.17, 15) is 0 Å². The van der Waals surface area contributed by atoms with E-state index in [1.54, 1.807) is 7.11 Å². The average molecular weight is 465 g/mol. The Morgan fingerprint density at radius 1 is 1.00 bits per heavy atom. The molecule has 0 radical (unpaired) electrons. The third-order valence-corrected chi connectivity index (χ3v) is 4.85. The molecular formula is C21H28IN3O. The largest absolute Gasteiger partial charge is 0.497 e. The summed E-state index contributed by atoms with van der Waals surface area (Å²) in [5.41, 5.74) is 3.01. The Morgan fingerprint density at radius 2 is 1.69 bits per heavy atom. The highest BCUT2D eigenvalue weighted by molar-refractivity contribution is 14.0. The van der Waals surface area contributed by atoms with Crippen LogP contribution in [0.5, 0.6) is 5.75 Å². The molecule has 140 valence electrons. The van der Waals surface area contributed by atoms with Crippen molar-refractivity contribution in [2.24, 2.45) is 10.4 Å². The van der Waals surface area contributed by atoms with E-state index >= 15 is 0 Å². The molecule has 4 nitrogen and oxygen atoms in total. The van der Waals surface area contributed by atoms with Gasteiger partial charge in [0.15, 0.2) is 5.96 Å². The smallest absolute Gasteiger partial charge is 0.191 e. The third-order valence-electron chi connectivity index (χ3n) is 4.85. The van der Waals surface area contributed by atoms with Crippen molar-refractivity contribution in [3.05, 3.63) is 65.7 Å². The van der Waals surface area contributed by atoms with Crippen LogP contribution in [0, 0.1) is 5.41 Å². The van der Waals surface area contributed by atoms with Crippen LogP contribution in [0.25, 0.3) is 0 Å². The zero-order chi connectivity index (χ0) is 17.5. The highest BCUT2D eigenvalue weighted by Crippen LogP contribution is 2.47. The van der Waals surface area contributed by atoms with Crippen molar-refractivity contribution in [3.8, 4) is 5.75 Å². The first-order chi connectivity index (χ1) is 12.2. The van der Waals surface area contributed by atoms with Crippen LogP contribution in [-0.2, 0) is 13.0 Å². The second-order valence-electron chi connectivity index (χ2n) is 6.79. The second-order valence-corrected chi connectivity index (χ2v) is 6.79. The lowest BCUT2D eigenvalue weighted by atomic mass is 9.96. The summed E-state index contributed by atoms with van der Waals surface area (Å²) >= 11 is 0. The van der Waals surface area contributed by atoms with E-state index in [0.717, 1.165) is 31.2 Å². The minimum atomic E-state index is 0. The molecule has 0 heterocycles. The quantitative estimate of drug-likeness (QED) is 0.369. The van der Waals surface area contributed by atoms with Gasteiger partial charge in [0, 0.05) is 20.1 Å². The molecule has 5 heteroatoms. The van der Waals surface area contributed by atoms with Crippen LogP contribution in [-0.4, -0.2) is 26.7 Å². The topological polar surface area (TPSA) is 45.7 Å². The minimum Gasteiger partial charge on any atom is -0.497 e. The van der Waals surface area contributed by atoms with E-state index in [2.05, 4.69) is 58.1 Å². The van der Waals surface area contributed by atoms with Gasteiger partial charge in [-0.05, 0) is 47.9 Å². The second kappa shape index (κ2) is 9.80. The number of methoxy groups -OCH3 is 1. The molecule has 0 unspecified atom stereocenters. The fraction of sp³-hybridized carbons (Fsp3) is 0.381. The van der Waals surface area contributed by atoms with Crippen LogP contribution in [0.4, 0.5) is 0 Å². The Labute approximate surface area is 173 Å². The van der Waals surface area contributed by atoms with E-state index in [1.807, 2.05) is 19.2 Å². The lowest BCUT2D eigenvalue weighted by molar-refractivity contribution is 0.414. The minimum absolute atomic E-state index is 0. The Balaban J connectivity index is 0.00000243. The van der Waals surface area contributed by atoms with Gasteiger partial charge < -0.3 is 15.4 Å². The zero-order valence-corrected chi connectivity index (χ0v) is 17.8. The van der Waals surface area contributed by atoms with E-state index in [4.69, 9.17) is 4.74 Å². The number of hydrogen-bond acceptors (Lipinski definition) is 2. The summed E-state index contributed by atoms with van der Waals surface area (Å²) in [7, 11) is 3.50. The van der Waals surface area contributed by atoms with Gasteiger partial charge in [0.2, 0.25) is 0 Å². The van der Waals surface area contributed by atoms with Crippen molar-refractivity contribution >= 4 is 29.9 Å². The fourth-order valence-corrected chi connectivity index (χ4v) is 3.04. The van der Waals surface area contributed by atoms with Crippen molar-refractivity contribution < 1.29 is 4.74 Å². The molecule has 0 atom stereocenters. The highest BCUT2D eigenvalue weighted by Gasteiger charge is 2.42. The van der Waals surface area contributed by atoms with Crippen molar-refractivity contribution in [1.82, 2.24) is 10.6 Å². The first-order valence-electron chi connectivity index (χ1n) is 8.84. The van der Waals surface area contributed by atoms with E-state index in [0.29, 0.717) is 5.41 Å². The summed E-state index contributed by atoms with van der Waals surface area (Å²) < 4.78 is 5.19. The molecule has 26 heavy (non-hydrogen) atoms. The average Bonchev–Trinajstić information content (AvgIpc) is 3.42. The fourth-order valence-electron chi connectivity index (χ4n) is 3.04. The molecule has 1 aliphatic rings. The first-order valence-corrected chi connectivity index (χ1v) is 8.84. The summed E-state index contributed by atoms with van der Waals surface area (Å²) in [4.78, 5) is 4.34. The van der Waals surface area contributed by atoms with Crippen LogP contribution in [0.3, 0.4) is 0 Å². The summed E-state index contributed by atoms with van der Waals surface area (Å²) in [5.74, 6) is 1.73. The van der Waals surface area contributed by atoms with Crippen LogP contribution in [0.15, 0.2) is 59.6 Å². The predicted octanol–water partition coefficient (Wildman–Crippen LogP) is 4.00. The summed E-state index contributed by atoms with van der Waals surface area (Å²) in [6, 6.07) is 18.8. The number of rotatable bonds is 7. The number of halogens is 1. The highest BCUT2D eigenvalue weighted by atomic mass is 127. The molecule has 0 aliphatic heterocycles. The van der Waals surface area contributed by atoms with Gasteiger partial charge in [-0.25, -0.2) is 0 Å². The van der Waals surface area contributed by atoms with Crippen LogP contribution >= 0.6 is 24.0 Å². The van der Waals surface area contributed by atoms with Gasteiger partial charge in [-0.15, -0.1) is 24.0 Å². The van der Waals surface area contributed by atoms with Gasteiger partial charge in [0.25, 0.3) is 0 Å². The predicted molar refractivity (Wildman–Crippen MR) is 118 cm³/mol. The van der Waals surface area contributed by atoms with Crippen molar-refractivity contribution in [2.45, 2.75) is 25.8 Å². The molecule has 2 aromatic carbocycles. The Kier molecular flexibility index (Phi) is 7.75. The summed E-state index contributed by atoms with van der Waals surface area (Å²) in [6.45, 7) is 1.71. The van der Waals surface area contributed by atoms with E-state index < -0.39 is 0 Å². The number of benzene rings is 2. The molecule has 2 aromatic rings. The van der Waals surface area contributed by atoms with Gasteiger partial charge in [-0.1, -0.05) is 42.5 Å². The molecule has 1 saturated carbocycles. The van der Waals surface area contributed by atoms with Crippen LogP contribution < -0.4 is 15.4 Å². The molecular weight excluding hydrogens is 437 g/mol. The molecule has 0 bridgehead atoms. The Bertz CT molecular complexity index is 697. The Morgan fingerprint density at radius 3 is 2.27 bits per heavy atom. The number of nitrogens with zero attached hydrogens (tertiary/aromatic N) is 1. The van der Waals surface area contributed by atoms with Gasteiger partial charge in [-0.2, -0.15) is 0 Å². The maximum absolute atomic E-state index is 5.19. The molecule has 2 N–H and O–H groups in total. The number of ether oxygens (including phenoxy) is 1. The van der Waals surface area contributed by atoms with E-state index in [-0.39, 0.29) is 24.0 Å². The molecule has 1 fully saturated rings. The molecule has 1 aliphatic carbocycles. The lowest BCUT2D eigenvalue weighted by Gasteiger charge is -2.19. The van der Waals surface area contributed by atoms with Gasteiger partial charge in [0.05, 0.1) is 7.11 Å². The monoisotopic (exact) mass is 465 g/mol. The van der Waals surface area contributed by atoms with Gasteiger partial charge in [0.1, 0.15) is 5.75 Å². The molecule has 3 rings (SSSR count). The number of aliphatic imine (C=N–C) groups is 1. The van der Waals surface area contributed by atoms with E-state index in [1.165, 1.54) is 24.0 Å². The maximum Gasteiger partial charge on any atom is 0.191 e. The molecule has 0 amide bonds. The number of nitrogens with one attached hydrogen (secondary N) is 2. The summed E-state index contributed by atoms with van der Waals surface area (Å²) in [6.07, 6.45) is 3.70. The SMILES string of the molecule is CN=C(NCc1ccc(OC)cc1)NCC1(Cc2ccccc2)CC1.I. The Hall–Kier alpha value is -1.76. The van der Waals surface area contributed by atoms with Crippen LogP contribution in [0.1, 0.15) is 24.0 Å². The standard InChI is InChI=1S/C21H27N3O.HI/c1-22-20(23-15-18-8-10-19(25-2)11-9-18)24-16-21(12-13-21)14-17-6-4-3-5-7-17;/h3-11H,12-16H2,1-2H3,(H2,22,23,24);1H. The van der Waals surface area contributed by atoms with Gasteiger partial charge >= 0.3 is 0 Å². The molecule has 0 aromatic heterocycles. The zero-order valence-electron chi connectivity index (χ0n) is 15.5. The lowest BCUT2D eigenvalue weighted by Crippen LogP contribution is -2.40. The van der Waals surface area contributed by atoms with Gasteiger partial charge in [-0.3, -0.25) is 4.99 Å². The van der Waals surface area contributed by atoms with Crippen LogP contribution in [0.2, 0.25) is 0 Å². The molecule has 0 spiro atoms. The number of guanidine groups is 1. The normalized spacial score (nSPS) is 14.9. The van der Waals surface area contributed by atoms with Crippen molar-refractivity contribution in [3.63, 3.8) is 0 Å². The summed E-state index contributed by atoms with van der Waals surface area (Å²) in [5, 5.41) is 6.88. The van der Waals surface area contributed by atoms with Crippen molar-refractivity contribution in [2.75, 3.05) is 20.7 Å².